The standard InChI is InChI=1S/C15H23NO2S/c1-10(16-13-5-4-6-15(13)19-3)12-8-7-11(18-2)9-14(12)17/h7-10,13,15-17H,4-6H2,1-3H3. The minimum Gasteiger partial charge on any atom is -0.507 e. The number of methoxy groups -OCH3 is 1. The zero-order valence-electron chi connectivity index (χ0n) is 11.8. The van der Waals surface area contributed by atoms with E-state index in [1.54, 1.807) is 13.2 Å². The van der Waals surface area contributed by atoms with Crippen molar-refractivity contribution in [1.82, 2.24) is 5.32 Å². The zero-order valence-corrected chi connectivity index (χ0v) is 12.7. The highest BCUT2D eigenvalue weighted by Crippen LogP contribution is 2.33. The normalized spacial score (nSPS) is 24.4. The van der Waals surface area contributed by atoms with Crippen LogP contribution in [0.1, 0.15) is 37.8 Å². The number of hydrogen-bond donors (Lipinski definition) is 2. The first kappa shape index (κ1) is 14.5. The molecule has 0 bridgehead atoms. The molecule has 0 aromatic heterocycles. The SMILES string of the molecule is COc1ccc(C(C)NC2CCCC2SC)c(O)c1. The molecule has 19 heavy (non-hydrogen) atoms. The predicted molar refractivity (Wildman–Crippen MR) is 81.2 cm³/mol. The third kappa shape index (κ3) is 3.37. The minimum absolute atomic E-state index is 0.156. The summed E-state index contributed by atoms with van der Waals surface area (Å²) in [6.07, 6.45) is 6.00. The van der Waals surface area contributed by atoms with E-state index in [1.165, 1.54) is 19.3 Å². The first-order valence-electron chi connectivity index (χ1n) is 6.81. The number of ether oxygens (including phenoxy) is 1. The van der Waals surface area contributed by atoms with Gasteiger partial charge < -0.3 is 15.2 Å². The summed E-state index contributed by atoms with van der Waals surface area (Å²) in [6.45, 7) is 2.11. The smallest absolute Gasteiger partial charge is 0.124 e. The van der Waals surface area contributed by atoms with Crippen molar-refractivity contribution in [3.05, 3.63) is 23.8 Å². The molecule has 1 aromatic carbocycles. The summed E-state index contributed by atoms with van der Waals surface area (Å²) >= 11 is 1.94. The molecule has 0 radical (unpaired) electrons. The molecule has 1 fully saturated rings. The highest BCUT2D eigenvalue weighted by molar-refractivity contribution is 7.99. The molecule has 0 heterocycles. The van der Waals surface area contributed by atoms with Crippen LogP contribution >= 0.6 is 11.8 Å². The van der Waals surface area contributed by atoms with Gasteiger partial charge in [0, 0.05) is 29.0 Å². The Labute approximate surface area is 119 Å². The molecule has 1 aliphatic carbocycles. The van der Waals surface area contributed by atoms with Crippen LogP contribution in [0, 0.1) is 0 Å². The van der Waals surface area contributed by atoms with Gasteiger partial charge in [-0.2, -0.15) is 11.8 Å². The molecule has 3 unspecified atom stereocenters. The summed E-state index contributed by atoms with van der Waals surface area (Å²) in [5.74, 6) is 0.995. The van der Waals surface area contributed by atoms with Crippen molar-refractivity contribution in [1.29, 1.82) is 0 Å². The van der Waals surface area contributed by atoms with E-state index in [4.69, 9.17) is 4.74 Å². The van der Waals surface area contributed by atoms with Crippen molar-refractivity contribution < 1.29 is 9.84 Å². The number of benzene rings is 1. The van der Waals surface area contributed by atoms with Crippen molar-refractivity contribution in [3.8, 4) is 11.5 Å². The van der Waals surface area contributed by atoms with E-state index >= 15 is 0 Å². The van der Waals surface area contributed by atoms with Crippen LogP contribution in [0.4, 0.5) is 0 Å². The Morgan fingerprint density at radius 1 is 1.42 bits per heavy atom. The molecule has 1 aromatic rings. The topological polar surface area (TPSA) is 41.5 Å². The lowest BCUT2D eigenvalue weighted by Gasteiger charge is -2.24. The first-order valence-corrected chi connectivity index (χ1v) is 8.10. The van der Waals surface area contributed by atoms with Crippen LogP contribution in [0.15, 0.2) is 18.2 Å². The highest BCUT2D eigenvalue weighted by atomic mass is 32.2. The Morgan fingerprint density at radius 2 is 2.21 bits per heavy atom. The molecule has 2 rings (SSSR count). The molecule has 3 nitrogen and oxygen atoms in total. The number of nitrogens with one attached hydrogen (secondary N) is 1. The summed E-state index contributed by atoms with van der Waals surface area (Å²) in [6, 6.07) is 6.21. The third-order valence-corrected chi connectivity index (χ3v) is 5.09. The molecule has 4 heteroatoms. The molecule has 0 amide bonds. The Hall–Kier alpha value is -0.870. The summed E-state index contributed by atoms with van der Waals surface area (Å²) in [4.78, 5) is 0. The van der Waals surface area contributed by atoms with E-state index in [9.17, 15) is 5.11 Å². The molecule has 1 saturated carbocycles. The van der Waals surface area contributed by atoms with Crippen molar-refractivity contribution in [2.75, 3.05) is 13.4 Å². The molecule has 0 saturated heterocycles. The molecule has 3 atom stereocenters. The molecule has 106 valence electrons. The Bertz CT molecular complexity index is 425. The Kier molecular flexibility index (Phi) is 4.99. The van der Waals surface area contributed by atoms with Gasteiger partial charge in [-0.25, -0.2) is 0 Å². The van der Waals surface area contributed by atoms with Crippen LogP contribution in [-0.4, -0.2) is 29.8 Å². The van der Waals surface area contributed by atoms with Crippen molar-refractivity contribution in [2.24, 2.45) is 0 Å². The fourth-order valence-electron chi connectivity index (χ4n) is 2.83. The second-order valence-electron chi connectivity index (χ2n) is 5.12. The summed E-state index contributed by atoms with van der Waals surface area (Å²) < 4.78 is 5.11. The van der Waals surface area contributed by atoms with Crippen LogP contribution in [0.2, 0.25) is 0 Å². The maximum Gasteiger partial charge on any atom is 0.124 e. The van der Waals surface area contributed by atoms with E-state index in [0.717, 1.165) is 5.56 Å². The Morgan fingerprint density at radius 3 is 2.84 bits per heavy atom. The van der Waals surface area contributed by atoms with Gasteiger partial charge in [0.2, 0.25) is 0 Å². The van der Waals surface area contributed by atoms with Gasteiger partial charge in [0.25, 0.3) is 0 Å². The van der Waals surface area contributed by atoms with E-state index in [1.807, 2.05) is 23.9 Å². The third-order valence-electron chi connectivity index (χ3n) is 3.92. The quantitative estimate of drug-likeness (QED) is 0.868. The van der Waals surface area contributed by atoms with Gasteiger partial charge in [0.15, 0.2) is 0 Å². The maximum absolute atomic E-state index is 10.1. The Balaban J connectivity index is 2.05. The summed E-state index contributed by atoms with van der Waals surface area (Å²) in [7, 11) is 1.61. The van der Waals surface area contributed by atoms with Gasteiger partial charge in [-0.1, -0.05) is 12.5 Å². The average molecular weight is 281 g/mol. The van der Waals surface area contributed by atoms with Crippen molar-refractivity contribution in [2.45, 2.75) is 43.5 Å². The van der Waals surface area contributed by atoms with Crippen molar-refractivity contribution >= 4 is 11.8 Å². The number of thioether (sulfide) groups is 1. The number of rotatable bonds is 5. The molecule has 2 N–H and O–H groups in total. The molecule has 0 aliphatic heterocycles. The minimum atomic E-state index is 0.156. The number of hydrogen-bond acceptors (Lipinski definition) is 4. The van der Waals surface area contributed by atoms with E-state index in [-0.39, 0.29) is 6.04 Å². The molecular weight excluding hydrogens is 258 g/mol. The van der Waals surface area contributed by atoms with Gasteiger partial charge in [0.1, 0.15) is 11.5 Å². The lowest BCUT2D eigenvalue weighted by atomic mass is 10.1. The number of phenols is 1. The number of aromatic hydroxyl groups is 1. The van der Waals surface area contributed by atoms with Gasteiger partial charge in [-0.15, -0.1) is 0 Å². The zero-order chi connectivity index (χ0) is 13.8. The van der Waals surface area contributed by atoms with Crippen LogP contribution in [-0.2, 0) is 0 Å². The van der Waals surface area contributed by atoms with Crippen LogP contribution in [0.5, 0.6) is 11.5 Å². The van der Waals surface area contributed by atoms with Gasteiger partial charge in [0.05, 0.1) is 7.11 Å². The summed E-state index contributed by atoms with van der Waals surface area (Å²) in [5, 5.41) is 14.4. The lowest BCUT2D eigenvalue weighted by Crippen LogP contribution is -2.35. The lowest BCUT2D eigenvalue weighted by molar-refractivity contribution is 0.400. The van der Waals surface area contributed by atoms with E-state index in [2.05, 4.69) is 18.5 Å². The average Bonchev–Trinajstić information content (AvgIpc) is 2.85. The van der Waals surface area contributed by atoms with E-state index in [0.29, 0.717) is 22.8 Å². The maximum atomic E-state index is 10.1. The summed E-state index contributed by atoms with van der Waals surface area (Å²) in [5.41, 5.74) is 0.938. The molecular formula is C15H23NO2S. The number of phenolic OH excluding ortho intramolecular Hbond substituents is 1. The first-order chi connectivity index (χ1) is 9.15. The monoisotopic (exact) mass is 281 g/mol. The second-order valence-corrected chi connectivity index (χ2v) is 6.20. The predicted octanol–water partition coefficient (Wildman–Crippen LogP) is 3.34. The van der Waals surface area contributed by atoms with Crippen LogP contribution in [0.25, 0.3) is 0 Å². The fourth-order valence-corrected chi connectivity index (χ4v) is 3.77. The highest BCUT2D eigenvalue weighted by Gasteiger charge is 2.28. The van der Waals surface area contributed by atoms with Gasteiger partial charge in [-0.05, 0) is 32.1 Å². The van der Waals surface area contributed by atoms with Crippen LogP contribution in [0.3, 0.4) is 0 Å². The molecule has 0 spiro atoms. The van der Waals surface area contributed by atoms with Gasteiger partial charge >= 0.3 is 0 Å². The molecule has 1 aliphatic rings. The fraction of sp³-hybridized carbons (Fsp3) is 0.600. The largest absolute Gasteiger partial charge is 0.507 e. The van der Waals surface area contributed by atoms with E-state index < -0.39 is 0 Å². The van der Waals surface area contributed by atoms with Crippen LogP contribution < -0.4 is 10.1 Å². The second kappa shape index (κ2) is 6.53. The van der Waals surface area contributed by atoms with Crippen molar-refractivity contribution in [3.63, 3.8) is 0 Å². The van der Waals surface area contributed by atoms with Gasteiger partial charge in [-0.3, -0.25) is 0 Å².